The minimum absolute atomic E-state index is 0.0290. The number of methoxy groups -OCH3 is 1. The van der Waals surface area contributed by atoms with Crippen LogP contribution >= 0.6 is 0 Å². The topological polar surface area (TPSA) is 70.1 Å². The van der Waals surface area contributed by atoms with Crippen LogP contribution in [-0.4, -0.2) is 66.6 Å². The summed E-state index contributed by atoms with van der Waals surface area (Å²) in [6.45, 7) is 2.51. The molecule has 1 aromatic rings. The van der Waals surface area contributed by atoms with Crippen molar-refractivity contribution in [2.45, 2.75) is 6.42 Å². The molecule has 1 amide bonds. The van der Waals surface area contributed by atoms with Gasteiger partial charge in [0.1, 0.15) is 5.75 Å². The van der Waals surface area contributed by atoms with Gasteiger partial charge in [-0.1, -0.05) is 6.07 Å². The molecule has 21 heavy (non-hydrogen) atoms. The van der Waals surface area contributed by atoms with E-state index in [1.54, 1.807) is 36.3 Å². The Hall–Kier alpha value is -2.08. The van der Waals surface area contributed by atoms with E-state index in [-0.39, 0.29) is 12.5 Å². The molecular formula is C15H20N2O4. The number of hydrogen-bond acceptors (Lipinski definition) is 4. The van der Waals surface area contributed by atoms with Crippen LogP contribution in [0.3, 0.4) is 0 Å². The highest BCUT2D eigenvalue weighted by atomic mass is 16.5. The van der Waals surface area contributed by atoms with E-state index in [0.717, 1.165) is 6.42 Å². The fraction of sp³-hybridized carbons (Fsp3) is 0.467. The summed E-state index contributed by atoms with van der Waals surface area (Å²) < 4.78 is 5.13. The lowest BCUT2D eigenvalue weighted by Crippen LogP contribution is -2.36. The quantitative estimate of drug-likeness (QED) is 0.894. The van der Waals surface area contributed by atoms with Crippen molar-refractivity contribution in [3.8, 4) is 5.75 Å². The Morgan fingerprint density at radius 2 is 2.05 bits per heavy atom. The van der Waals surface area contributed by atoms with Gasteiger partial charge in [0, 0.05) is 31.7 Å². The van der Waals surface area contributed by atoms with Gasteiger partial charge in [0.15, 0.2) is 0 Å². The van der Waals surface area contributed by atoms with Gasteiger partial charge in [-0.25, -0.2) is 0 Å². The SMILES string of the molecule is COc1cccc(C(=O)N2CCCN(CC(=O)O)CC2)c1. The summed E-state index contributed by atoms with van der Waals surface area (Å²) in [4.78, 5) is 26.9. The molecule has 2 rings (SSSR count). The number of hydrogen-bond donors (Lipinski definition) is 1. The predicted octanol–water partition coefficient (Wildman–Crippen LogP) is 0.928. The molecule has 1 aliphatic heterocycles. The Bertz CT molecular complexity index is 518. The van der Waals surface area contributed by atoms with E-state index >= 15 is 0 Å². The van der Waals surface area contributed by atoms with Crippen molar-refractivity contribution in [3.63, 3.8) is 0 Å². The molecule has 1 heterocycles. The zero-order valence-electron chi connectivity index (χ0n) is 12.1. The number of amides is 1. The zero-order chi connectivity index (χ0) is 15.2. The van der Waals surface area contributed by atoms with E-state index in [1.165, 1.54) is 0 Å². The molecule has 0 aliphatic carbocycles. The lowest BCUT2D eigenvalue weighted by Gasteiger charge is -2.21. The molecule has 1 fully saturated rings. The molecular weight excluding hydrogens is 272 g/mol. The maximum absolute atomic E-state index is 12.5. The first kappa shape index (κ1) is 15.3. The smallest absolute Gasteiger partial charge is 0.317 e. The fourth-order valence-electron chi connectivity index (χ4n) is 2.46. The van der Waals surface area contributed by atoms with Gasteiger partial charge in [-0.2, -0.15) is 0 Å². The van der Waals surface area contributed by atoms with E-state index < -0.39 is 5.97 Å². The van der Waals surface area contributed by atoms with E-state index in [9.17, 15) is 9.59 Å². The summed E-state index contributed by atoms with van der Waals surface area (Å²) >= 11 is 0. The van der Waals surface area contributed by atoms with Crippen LogP contribution in [0.5, 0.6) is 5.75 Å². The van der Waals surface area contributed by atoms with Crippen molar-refractivity contribution >= 4 is 11.9 Å². The highest BCUT2D eigenvalue weighted by molar-refractivity contribution is 5.94. The second kappa shape index (κ2) is 7.08. The highest BCUT2D eigenvalue weighted by Gasteiger charge is 2.21. The van der Waals surface area contributed by atoms with Crippen molar-refractivity contribution in [3.05, 3.63) is 29.8 Å². The van der Waals surface area contributed by atoms with Crippen LogP contribution in [0.4, 0.5) is 0 Å². The Morgan fingerprint density at radius 3 is 2.76 bits per heavy atom. The van der Waals surface area contributed by atoms with Crippen LogP contribution in [0.25, 0.3) is 0 Å². The summed E-state index contributed by atoms with van der Waals surface area (Å²) in [5.41, 5.74) is 0.598. The van der Waals surface area contributed by atoms with Crippen LogP contribution in [0.2, 0.25) is 0 Å². The number of carbonyl (C=O) groups is 2. The molecule has 0 atom stereocenters. The van der Waals surface area contributed by atoms with Gasteiger partial charge < -0.3 is 14.7 Å². The molecule has 6 heteroatoms. The fourth-order valence-corrected chi connectivity index (χ4v) is 2.46. The van der Waals surface area contributed by atoms with E-state index in [4.69, 9.17) is 9.84 Å². The van der Waals surface area contributed by atoms with E-state index in [2.05, 4.69) is 0 Å². The Labute approximate surface area is 123 Å². The first-order valence-electron chi connectivity index (χ1n) is 6.97. The third-order valence-electron chi connectivity index (χ3n) is 3.55. The summed E-state index contributed by atoms with van der Waals surface area (Å²) in [5, 5.41) is 8.83. The molecule has 0 bridgehead atoms. The highest BCUT2D eigenvalue weighted by Crippen LogP contribution is 2.15. The summed E-state index contributed by atoms with van der Waals surface area (Å²) in [6, 6.07) is 7.08. The Morgan fingerprint density at radius 1 is 1.24 bits per heavy atom. The molecule has 0 aromatic heterocycles. The number of ether oxygens (including phenoxy) is 1. The molecule has 0 unspecified atom stereocenters. The third-order valence-corrected chi connectivity index (χ3v) is 3.55. The lowest BCUT2D eigenvalue weighted by molar-refractivity contribution is -0.138. The number of carboxylic acid groups (broad SMARTS) is 1. The van der Waals surface area contributed by atoms with Gasteiger partial charge in [-0.05, 0) is 24.6 Å². The maximum Gasteiger partial charge on any atom is 0.317 e. The van der Waals surface area contributed by atoms with E-state index in [0.29, 0.717) is 37.5 Å². The molecule has 1 aliphatic rings. The summed E-state index contributed by atoms with van der Waals surface area (Å²) in [5.74, 6) is -0.211. The molecule has 0 saturated carbocycles. The average molecular weight is 292 g/mol. The number of carbonyl (C=O) groups excluding carboxylic acids is 1. The minimum Gasteiger partial charge on any atom is -0.497 e. The number of rotatable bonds is 4. The van der Waals surface area contributed by atoms with Crippen molar-refractivity contribution in [2.24, 2.45) is 0 Å². The van der Waals surface area contributed by atoms with Crippen LogP contribution in [0.1, 0.15) is 16.8 Å². The van der Waals surface area contributed by atoms with Crippen molar-refractivity contribution in [2.75, 3.05) is 39.8 Å². The van der Waals surface area contributed by atoms with Gasteiger partial charge in [0.2, 0.25) is 0 Å². The molecule has 114 valence electrons. The maximum atomic E-state index is 12.5. The van der Waals surface area contributed by atoms with Crippen LogP contribution < -0.4 is 4.74 Å². The number of aliphatic carboxylic acids is 1. The van der Waals surface area contributed by atoms with Crippen LogP contribution in [0, 0.1) is 0 Å². The molecule has 6 nitrogen and oxygen atoms in total. The Balaban J connectivity index is 2.01. The van der Waals surface area contributed by atoms with Gasteiger partial charge >= 0.3 is 5.97 Å². The molecule has 0 spiro atoms. The normalized spacial score (nSPS) is 16.3. The zero-order valence-corrected chi connectivity index (χ0v) is 12.1. The standard InChI is InChI=1S/C15H20N2O4/c1-21-13-5-2-4-12(10-13)15(20)17-7-3-6-16(8-9-17)11-14(18)19/h2,4-5,10H,3,6-9,11H2,1H3,(H,18,19). The minimum atomic E-state index is -0.831. The van der Waals surface area contributed by atoms with Gasteiger partial charge in [0.25, 0.3) is 5.91 Å². The number of benzene rings is 1. The molecule has 0 radical (unpaired) electrons. The average Bonchev–Trinajstić information content (AvgIpc) is 2.71. The predicted molar refractivity (Wildman–Crippen MR) is 77.6 cm³/mol. The number of nitrogens with zero attached hydrogens (tertiary/aromatic N) is 2. The number of carboxylic acids is 1. The largest absolute Gasteiger partial charge is 0.497 e. The second-order valence-corrected chi connectivity index (χ2v) is 5.05. The third kappa shape index (κ3) is 4.19. The molecule has 1 saturated heterocycles. The lowest BCUT2D eigenvalue weighted by atomic mass is 10.2. The summed E-state index contributed by atoms with van der Waals surface area (Å²) in [6.07, 6.45) is 0.781. The van der Waals surface area contributed by atoms with E-state index in [1.807, 2.05) is 4.90 Å². The van der Waals surface area contributed by atoms with Crippen molar-refractivity contribution in [1.29, 1.82) is 0 Å². The van der Waals surface area contributed by atoms with Gasteiger partial charge in [0.05, 0.1) is 13.7 Å². The molecule has 1 aromatic carbocycles. The first-order chi connectivity index (χ1) is 10.1. The summed E-state index contributed by atoms with van der Waals surface area (Å²) in [7, 11) is 1.57. The Kier molecular flexibility index (Phi) is 5.16. The van der Waals surface area contributed by atoms with Gasteiger partial charge in [-0.15, -0.1) is 0 Å². The van der Waals surface area contributed by atoms with Crippen molar-refractivity contribution in [1.82, 2.24) is 9.80 Å². The van der Waals surface area contributed by atoms with Crippen LogP contribution in [-0.2, 0) is 4.79 Å². The molecule has 1 N–H and O–H groups in total. The monoisotopic (exact) mass is 292 g/mol. The second-order valence-electron chi connectivity index (χ2n) is 5.05. The van der Waals surface area contributed by atoms with Crippen molar-refractivity contribution < 1.29 is 19.4 Å². The van der Waals surface area contributed by atoms with Crippen LogP contribution in [0.15, 0.2) is 24.3 Å². The van der Waals surface area contributed by atoms with Gasteiger partial charge in [-0.3, -0.25) is 14.5 Å². The first-order valence-corrected chi connectivity index (χ1v) is 6.97.